The van der Waals surface area contributed by atoms with Crippen LogP contribution in [0.15, 0.2) is 122 Å². The average molecular weight is 659 g/mol. The Hall–Kier alpha value is -5.42. The van der Waals surface area contributed by atoms with Gasteiger partial charge in [0.2, 0.25) is 5.79 Å². The van der Waals surface area contributed by atoms with E-state index in [1.54, 1.807) is 13.8 Å². The Morgan fingerprint density at radius 3 is 1.46 bits per heavy atom. The molecule has 6 rings (SSSR count). The van der Waals surface area contributed by atoms with Gasteiger partial charge in [0.15, 0.2) is 0 Å². The molecule has 4 heterocycles. The molecule has 2 aromatic carbocycles. The van der Waals surface area contributed by atoms with E-state index >= 15 is 0 Å². The molecular formula is C37H38O11. The summed E-state index contributed by atoms with van der Waals surface area (Å²) in [5.41, 5.74) is 1.84. The first kappa shape index (κ1) is 35.4. The Morgan fingerprint density at radius 1 is 0.542 bits per heavy atom. The van der Waals surface area contributed by atoms with Crippen molar-refractivity contribution in [2.24, 2.45) is 0 Å². The molecule has 48 heavy (non-hydrogen) atoms. The predicted octanol–water partition coefficient (Wildman–Crippen LogP) is 5.33. The van der Waals surface area contributed by atoms with Crippen LogP contribution >= 0.6 is 0 Å². The molecule has 0 N–H and O–H groups in total. The van der Waals surface area contributed by atoms with Crippen LogP contribution in [0.25, 0.3) is 0 Å². The van der Waals surface area contributed by atoms with Crippen molar-refractivity contribution < 1.29 is 52.3 Å². The number of esters is 4. The molecular weight excluding hydrogens is 620 g/mol. The summed E-state index contributed by atoms with van der Waals surface area (Å²) in [7, 11) is 0. The Morgan fingerprint density at radius 2 is 0.958 bits per heavy atom. The van der Waals surface area contributed by atoms with Gasteiger partial charge in [0, 0.05) is 51.0 Å². The van der Waals surface area contributed by atoms with E-state index in [0.717, 1.165) is 23.3 Å². The summed E-state index contributed by atoms with van der Waals surface area (Å²) in [4.78, 5) is 45.8. The third-order valence-corrected chi connectivity index (χ3v) is 6.95. The summed E-state index contributed by atoms with van der Waals surface area (Å²) < 4.78 is 36.9. The van der Waals surface area contributed by atoms with Gasteiger partial charge in [0.25, 0.3) is 11.6 Å². The number of carbonyl (C=O) groups is 4. The summed E-state index contributed by atoms with van der Waals surface area (Å²) in [6.45, 7) is 11.6. The normalized spacial score (nSPS) is 20.3. The maximum atomic E-state index is 11.9. The number of benzene rings is 2. The van der Waals surface area contributed by atoms with Gasteiger partial charge in [0.1, 0.15) is 11.5 Å². The molecule has 1 fully saturated rings. The first-order valence-corrected chi connectivity index (χ1v) is 15.2. The standard InChI is InChI=1S/C19H16O4.C10H12O4.C8H10O3/c20-17-11-12-18(21)23-19(22-17,13-15-7-3-1-4-8-15)14-16-9-5-2-6-10-16;1-8-2-3-9(11)14-10(13-8)4-6-12-7-5-10;1-6-4-5-7(9)11-8(2,3)10-6/h1-12H,13-14H2;2-3H,1,4-7H2;4-5H,1H2,2-3H3. The summed E-state index contributed by atoms with van der Waals surface area (Å²) in [5, 5.41) is 0. The SMILES string of the molecule is C=C1C=CC(=O)OC(C)(C)O1.C=C1C=CC(=O)OC2(CCOCC2)O1.O=C1C=CC(=O)OC(Cc2ccccc2)(Cc2ccccc2)O1. The van der Waals surface area contributed by atoms with E-state index in [4.69, 9.17) is 33.2 Å². The lowest BCUT2D eigenvalue weighted by Gasteiger charge is -2.35. The number of hydrogen-bond donors (Lipinski definition) is 0. The highest BCUT2D eigenvalue weighted by atomic mass is 16.7. The van der Waals surface area contributed by atoms with Crippen LogP contribution in [0.5, 0.6) is 0 Å². The number of hydrogen-bond acceptors (Lipinski definition) is 11. The Bertz CT molecular complexity index is 1470. The van der Waals surface area contributed by atoms with Crippen LogP contribution < -0.4 is 0 Å². The fourth-order valence-electron chi connectivity index (χ4n) is 4.98. The first-order chi connectivity index (χ1) is 22.8. The van der Waals surface area contributed by atoms with Crippen LogP contribution in [0.3, 0.4) is 0 Å². The zero-order chi connectivity index (χ0) is 34.6. The molecule has 252 valence electrons. The number of carbonyl (C=O) groups excluding carboxylic acids is 4. The number of ether oxygens (including phenoxy) is 7. The summed E-state index contributed by atoms with van der Waals surface area (Å²) >= 11 is 0. The highest BCUT2D eigenvalue weighted by molar-refractivity contribution is 5.93. The van der Waals surface area contributed by atoms with Gasteiger partial charge in [-0.25, -0.2) is 19.2 Å². The largest absolute Gasteiger partial charge is 0.453 e. The van der Waals surface area contributed by atoms with Crippen molar-refractivity contribution in [3.05, 3.63) is 133 Å². The van der Waals surface area contributed by atoms with E-state index in [0.29, 0.717) is 50.4 Å². The molecule has 0 aliphatic carbocycles. The average Bonchev–Trinajstić information content (AvgIpc) is 3.32. The highest BCUT2D eigenvalue weighted by Gasteiger charge is 2.41. The molecule has 0 atom stereocenters. The van der Waals surface area contributed by atoms with Crippen LogP contribution in [-0.2, 0) is 65.2 Å². The second-order valence-electron chi connectivity index (χ2n) is 11.5. The van der Waals surface area contributed by atoms with E-state index in [-0.39, 0.29) is 5.97 Å². The van der Waals surface area contributed by atoms with Gasteiger partial charge in [-0.1, -0.05) is 73.8 Å². The lowest BCUT2D eigenvalue weighted by Crippen LogP contribution is -2.42. The molecule has 11 heteroatoms. The molecule has 11 nitrogen and oxygen atoms in total. The minimum atomic E-state index is -1.35. The van der Waals surface area contributed by atoms with Gasteiger partial charge in [-0.15, -0.1) is 0 Å². The summed E-state index contributed by atoms with van der Waals surface area (Å²) in [6.07, 6.45) is 9.51. The minimum absolute atomic E-state index is 0.294. The highest BCUT2D eigenvalue weighted by Crippen LogP contribution is 2.31. The van der Waals surface area contributed by atoms with Gasteiger partial charge in [-0.2, -0.15) is 0 Å². The van der Waals surface area contributed by atoms with E-state index in [2.05, 4.69) is 13.2 Å². The second kappa shape index (κ2) is 15.9. The van der Waals surface area contributed by atoms with Crippen LogP contribution in [0, 0.1) is 0 Å². The molecule has 4 aliphatic heterocycles. The molecule has 0 unspecified atom stereocenters. The molecule has 0 saturated carbocycles. The van der Waals surface area contributed by atoms with E-state index in [1.165, 1.54) is 24.3 Å². The molecule has 1 saturated heterocycles. The van der Waals surface area contributed by atoms with Crippen molar-refractivity contribution in [3.63, 3.8) is 0 Å². The van der Waals surface area contributed by atoms with Crippen molar-refractivity contribution in [2.75, 3.05) is 13.2 Å². The Kier molecular flexibility index (Phi) is 11.8. The quantitative estimate of drug-likeness (QED) is 0.312. The molecule has 0 radical (unpaired) electrons. The fourth-order valence-corrected chi connectivity index (χ4v) is 4.98. The lowest BCUT2D eigenvalue weighted by molar-refractivity contribution is -0.235. The smallest absolute Gasteiger partial charge is 0.334 e. The topological polar surface area (TPSA) is 133 Å². The lowest BCUT2D eigenvalue weighted by atomic mass is 9.97. The van der Waals surface area contributed by atoms with E-state index in [9.17, 15) is 19.2 Å². The molecule has 2 aromatic rings. The fraction of sp³-hybridized carbons (Fsp3) is 0.297. The summed E-state index contributed by atoms with van der Waals surface area (Å²) in [6, 6.07) is 19.0. The Labute approximate surface area is 279 Å². The Balaban J connectivity index is 0.000000177. The minimum Gasteiger partial charge on any atom is -0.453 e. The predicted molar refractivity (Wildman–Crippen MR) is 172 cm³/mol. The third kappa shape index (κ3) is 11.1. The van der Waals surface area contributed by atoms with Gasteiger partial charge in [-0.3, -0.25) is 0 Å². The van der Waals surface area contributed by atoms with E-state index < -0.39 is 35.3 Å². The van der Waals surface area contributed by atoms with Crippen molar-refractivity contribution in [2.45, 2.75) is 56.9 Å². The maximum absolute atomic E-state index is 11.9. The maximum Gasteiger partial charge on any atom is 0.334 e. The first-order valence-electron chi connectivity index (χ1n) is 15.2. The zero-order valence-corrected chi connectivity index (χ0v) is 26.9. The van der Waals surface area contributed by atoms with Crippen molar-refractivity contribution in [1.82, 2.24) is 0 Å². The molecule has 1 spiro atoms. The van der Waals surface area contributed by atoms with Gasteiger partial charge in [-0.05, 0) is 23.3 Å². The van der Waals surface area contributed by atoms with Gasteiger partial charge < -0.3 is 33.2 Å². The molecule has 0 bridgehead atoms. The third-order valence-electron chi connectivity index (χ3n) is 6.95. The molecule has 0 amide bonds. The van der Waals surface area contributed by atoms with Gasteiger partial charge in [0.05, 0.1) is 26.1 Å². The molecule has 0 aromatic heterocycles. The van der Waals surface area contributed by atoms with Crippen LogP contribution in [0.1, 0.15) is 37.8 Å². The molecule has 4 aliphatic rings. The van der Waals surface area contributed by atoms with Crippen LogP contribution in [0.2, 0.25) is 0 Å². The number of cyclic esters (lactones) is 3. The number of allylic oxidation sites excluding steroid dienone is 2. The van der Waals surface area contributed by atoms with Crippen molar-refractivity contribution in [3.8, 4) is 0 Å². The second-order valence-corrected chi connectivity index (χ2v) is 11.5. The monoisotopic (exact) mass is 658 g/mol. The van der Waals surface area contributed by atoms with Crippen LogP contribution in [-0.4, -0.2) is 54.5 Å². The zero-order valence-electron chi connectivity index (χ0n) is 26.9. The number of rotatable bonds is 4. The van der Waals surface area contributed by atoms with Crippen LogP contribution in [0.4, 0.5) is 0 Å². The van der Waals surface area contributed by atoms with Crippen molar-refractivity contribution in [1.29, 1.82) is 0 Å². The summed E-state index contributed by atoms with van der Waals surface area (Å²) in [5.74, 6) is -4.17. The van der Waals surface area contributed by atoms with E-state index in [1.807, 2.05) is 60.7 Å². The van der Waals surface area contributed by atoms with Crippen molar-refractivity contribution >= 4 is 23.9 Å². The van der Waals surface area contributed by atoms with Gasteiger partial charge >= 0.3 is 23.9 Å².